The topological polar surface area (TPSA) is 137 Å². The van der Waals surface area contributed by atoms with Crippen molar-refractivity contribution in [3.8, 4) is 22.8 Å². The molecule has 0 aliphatic carbocycles. The number of hydrogen-bond donors (Lipinski definition) is 2. The van der Waals surface area contributed by atoms with Crippen LogP contribution in [0, 0.1) is 12.0 Å². The van der Waals surface area contributed by atoms with Gasteiger partial charge in [-0.15, -0.1) is 0 Å². The molecule has 6 rings (SSSR count). The highest BCUT2D eigenvalue weighted by atomic mass is 19.1. The van der Waals surface area contributed by atoms with Crippen molar-refractivity contribution in [3.63, 3.8) is 0 Å². The van der Waals surface area contributed by atoms with Crippen molar-refractivity contribution in [1.29, 1.82) is 0 Å². The number of nitrogens with one attached hydrogen (secondary N) is 1. The smallest absolute Gasteiger partial charge is 0.312 e. The van der Waals surface area contributed by atoms with Crippen molar-refractivity contribution in [1.82, 2.24) is 34.6 Å². The number of nitrogen functional groups attached to an aromatic ring is 1. The molecule has 1 atom stereocenters. The highest BCUT2D eigenvalue weighted by Gasteiger charge is 2.25. The molecule has 0 bridgehead atoms. The Morgan fingerprint density at radius 2 is 2.03 bits per heavy atom. The third kappa shape index (κ3) is 4.61. The van der Waals surface area contributed by atoms with E-state index < -0.39 is 6.08 Å². The Hall–Kier alpha value is -4.22. The zero-order valence-corrected chi connectivity index (χ0v) is 21.1. The number of fused-ring (bicyclic) bond motifs is 2. The summed E-state index contributed by atoms with van der Waals surface area (Å²) in [7, 11) is 0. The molecular weight excluding hydrogens is 491 g/mol. The van der Waals surface area contributed by atoms with Gasteiger partial charge in [-0.05, 0) is 48.9 Å². The first-order valence-electron chi connectivity index (χ1n) is 12.8. The molecule has 0 saturated carbocycles. The summed E-state index contributed by atoms with van der Waals surface area (Å²) >= 11 is 0. The number of benzene rings is 1. The molecule has 38 heavy (non-hydrogen) atoms. The minimum atomic E-state index is -0.888. The monoisotopic (exact) mass is 520 g/mol. The van der Waals surface area contributed by atoms with E-state index in [0.717, 1.165) is 49.2 Å². The van der Waals surface area contributed by atoms with E-state index in [4.69, 9.17) is 20.2 Å². The number of imidazole rings is 1. The minimum absolute atomic E-state index is 0.00360. The average Bonchev–Trinajstić information content (AvgIpc) is 3.56. The first-order chi connectivity index (χ1) is 18.5. The summed E-state index contributed by atoms with van der Waals surface area (Å²) in [6, 6.07) is 5.78. The Bertz CT molecular complexity index is 1490. The standard InChI is InChI=1S/C26H29FN8O3/c1-15(36)34-7-2-3-16(14-34)5-8-35-22(30-23-24(28)31-26(27)32-25(23)35)12-17-11-20-21(38-10-9-37-20)13-18(17)19-4-6-29-33-19/h4,6,11,13,16H,2-3,5,7-10,12,14H2,1H3,(H,29,33)(H2,28,31,32). The van der Waals surface area contributed by atoms with Crippen LogP contribution in [-0.2, 0) is 17.8 Å². The highest BCUT2D eigenvalue weighted by molar-refractivity contribution is 5.82. The molecule has 2 aliphatic heterocycles. The maximum absolute atomic E-state index is 14.3. The number of carbonyl (C=O) groups is 1. The van der Waals surface area contributed by atoms with E-state index in [9.17, 15) is 9.18 Å². The van der Waals surface area contributed by atoms with E-state index in [1.807, 2.05) is 27.7 Å². The van der Waals surface area contributed by atoms with Crippen LogP contribution in [0.5, 0.6) is 11.5 Å². The van der Waals surface area contributed by atoms with Gasteiger partial charge < -0.3 is 24.7 Å². The summed E-state index contributed by atoms with van der Waals surface area (Å²) in [4.78, 5) is 26.4. The van der Waals surface area contributed by atoms with Crippen molar-refractivity contribution in [2.24, 2.45) is 5.92 Å². The molecule has 4 aromatic rings. The lowest BCUT2D eigenvalue weighted by Crippen LogP contribution is -2.38. The van der Waals surface area contributed by atoms with Crippen molar-refractivity contribution in [3.05, 3.63) is 41.9 Å². The molecule has 0 spiro atoms. The van der Waals surface area contributed by atoms with Crippen LogP contribution < -0.4 is 15.2 Å². The van der Waals surface area contributed by atoms with Gasteiger partial charge in [0.1, 0.15) is 19.0 Å². The van der Waals surface area contributed by atoms with Crippen molar-refractivity contribution < 1.29 is 18.7 Å². The molecule has 0 radical (unpaired) electrons. The number of likely N-dealkylation sites (tertiary alicyclic amines) is 1. The SMILES string of the molecule is CC(=O)N1CCCC(CCn2c(Cc3cc4c(cc3-c3ccn[nH]3)OCCO4)nc3c(N)nc(F)nc32)C1. The number of nitrogens with two attached hydrogens (primary N) is 1. The lowest BCUT2D eigenvalue weighted by Gasteiger charge is -2.32. The zero-order valence-electron chi connectivity index (χ0n) is 21.1. The molecule has 2 aliphatic rings. The fraction of sp³-hybridized carbons (Fsp3) is 0.423. The molecule has 12 heteroatoms. The van der Waals surface area contributed by atoms with Crippen LogP contribution in [0.15, 0.2) is 24.4 Å². The lowest BCUT2D eigenvalue weighted by molar-refractivity contribution is -0.130. The molecule has 198 valence electrons. The van der Waals surface area contributed by atoms with Crippen LogP contribution in [0.2, 0.25) is 0 Å². The molecular formula is C26H29FN8O3. The molecule has 3 aromatic heterocycles. The van der Waals surface area contributed by atoms with Crippen LogP contribution >= 0.6 is 0 Å². The molecule has 1 unspecified atom stereocenters. The predicted octanol–water partition coefficient (Wildman–Crippen LogP) is 2.95. The number of nitrogens with zero attached hydrogens (tertiary/aromatic N) is 6. The summed E-state index contributed by atoms with van der Waals surface area (Å²) in [5, 5.41) is 7.14. The van der Waals surface area contributed by atoms with Crippen LogP contribution in [-0.4, -0.2) is 66.8 Å². The number of aromatic amines is 1. The number of piperidine rings is 1. The zero-order chi connectivity index (χ0) is 26.2. The van der Waals surface area contributed by atoms with Crippen LogP contribution in [0.4, 0.5) is 10.2 Å². The number of hydrogen-bond acceptors (Lipinski definition) is 8. The Kier molecular flexibility index (Phi) is 6.30. The Balaban J connectivity index is 1.38. The van der Waals surface area contributed by atoms with E-state index in [-0.39, 0.29) is 11.7 Å². The number of amides is 1. The molecule has 3 N–H and O–H groups in total. The van der Waals surface area contributed by atoms with Crippen LogP contribution in [0.1, 0.15) is 37.6 Å². The number of H-pyrrole nitrogens is 1. The average molecular weight is 521 g/mol. The van der Waals surface area contributed by atoms with E-state index in [1.165, 1.54) is 0 Å². The van der Waals surface area contributed by atoms with Gasteiger partial charge in [-0.3, -0.25) is 9.89 Å². The van der Waals surface area contributed by atoms with Gasteiger partial charge in [0, 0.05) is 44.7 Å². The summed E-state index contributed by atoms with van der Waals surface area (Å²) in [6.07, 6.45) is 4.01. The summed E-state index contributed by atoms with van der Waals surface area (Å²) in [6.45, 7) is 4.63. The van der Waals surface area contributed by atoms with Crippen molar-refractivity contribution in [2.45, 2.75) is 39.2 Å². The van der Waals surface area contributed by atoms with Gasteiger partial charge in [0.05, 0.1) is 5.69 Å². The second kappa shape index (κ2) is 9.92. The first-order valence-corrected chi connectivity index (χ1v) is 12.8. The first kappa shape index (κ1) is 24.1. The quantitative estimate of drug-likeness (QED) is 0.370. The molecule has 1 saturated heterocycles. The third-order valence-electron chi connectivity index (χ3n) is 7.31. The number of aryl methyl sites for hydroxylation is 1. The molecule has 1 fully saturated rings. The molecule has 5 heterocycles. The van der Waals surface area contributed by atoms with Crippen molar-refractivity contribution in [2.75, 3.05) is 32.0 Å². The molecule has 1 amide bonds. The van der Waals surface area contributed by atoms with Crippen molar-refractivity contribution >= 4 is 22.9 Å². The van der Waals surface area contributed by atoms with Gasteiger partial charge in [-0.25, -0.2) is 4.98 Å². The van der Waals surface area contributed by atoms with Gasteiger partial charge in [0.15, 0.2) is 28.5 Å². The number of anilines is 1. The van der Waals surface area contributed by atoms with Gasteiger partial charge in [-0.1, -0.05) is 0 Å². The van der Waals surface area contributed by atoms with E-state index >= 15 is 0 Å². The van der Waals surface area contributed by atoms with E-state index in [2.05, 4.69) is 20.2 Å². The maximum Gasteiger partial charge on any atom is 0.312 e. The fourth-order valence-corrected chi connectivity index (χ4v) is 5.41. The number of aromatic nitrogens is 6. The van der Waals surface area contributed by atoms with E-state index in [1.54, 1.807) is 13.1 Å². The Morgan fingerprint density at radius 3 is 2.79 bits per heavy atom. The normalized spacial score (nSPS) is 17.2. The number of ether oxygens (including phenoxy) is 2. The summed E-state index contributed by atoms with van der Waals surface area (Å²) in [5.41, 5.74) is 9.46. The number of carbonyl (C=O) groups excluding carboxylic acids is 1. The maximum atomic E-state index is 14.3. The second-order valence-corrected chi connectivity index (χ2v) is 9.79. The van der Waals surface area contributed by atoms with E-state index in [0.29, 0.717) is 60.6 Å². The van der Waals surface area contributed by atoms with Gasteiger partial charge in [-0.2, -0.15) is 19.5 Å². The highest BCUT2D eigenvalue weighted by Crippen LogP contribution is 2.38. The second-order valence-electron chi connectivity index (χ2n) is 9.79. The summed E-state index contributed by atoms with van der Waals surface area (Å²) in [5.74, 6) is 2.44. The lowest BCUT2D eigenvalue weighted by atomic mass is 9.94. The fourth-order valence-electron chi connectivity index (χ4n) is 5.41. The van der Waals surface area contributed by atoms with Gasteiger partial charge >= 0.3 is 6.08 Å². The largest absolute Gasteiger partial charge is 0.486 e. The molecule has 11 nitrogen and oxygen atoms in total. The summed E-state index contributed by atoms with van der Waals surface area (Å²) < 4.78 is 27.9. The predicted molar refractivity (Wildman–Crippen MR) is 137 cm³/mol. The third-order valence-corrected chi connectivity index (χ3v) is 7.31. The Labute approximate surface area is 218 Å². The van der Waals surface area contributed by atoms with Crippen LogP contribution in [0.3, 0.4) is 0 Å². The number of rotatable bonds is 6. The van der Waals surface area contributed by atoms with Gasteiger partial charge in [0.2, 0.25) is 5.91 Å². The Morgan fingerprint density at radius 1 is 1.21 bits per heavy atom. The van der Waals surface area contributed by atoms with Crippen LogP contribution in [0.25, 0.3) is 22.4 Å². The van der Waals surface area contributed by atoms with Gasteiger partial charge in [0.25, 0.3) is 0 Å². The minimum Gasteiger partial charge on any atom is -0.486 e. The number of halogens is 1. The molecule has 1 aromatic carbocycles.